The highest BCUT2D eigenvalue weighted by atomic mass is 35.5. The average Bonchev–Trinajstić information content (AvgIpc) is 3.27. The summed E-state index contributed by atoms with van der Waals surface area (Å²) in [5.74, 6) is 1.71. The largest absolute Gasteiger partial charge is 0.423 e. The van der Waals surface area contributed by atoms with Crippen LogP contribution in [0.15, 0.2) is 22.9 Å². The Labute approximate surface area is 200 Å². The van der Waals surface area contributed by atoms with Crippen LogP contribution in [-0.4, -0.2) is 41.9 Å². The summed E-state index contributed by atoms with van der Waals surface area (Å²) in [5.41, 5.74) is -0.173. The van der Waals surface area contributed by atoms with E-state index in [1.807, 2.05) is 0 Å². The molecular weight excluding hydrogens is 461 g/mol. The van der Waals surface area contributed by atoms with E-state index < -0.39 is 17.4 Å². The maximum Gasteiger partial charge on any atom is 0.323 e. The summed E-state index contributed by atoms with van der Waals surface area (Å²) in [6.07, 6.45) is 6.40. The number of benzene rings is 1. The lowest BCUT2D eigenvalue weighted by atomic mass is 9.64. The number of fused-ring (bicyclic) bond motifs is 2. The van der Waals surface area contributed by atoms with Gasteiger partial charge in [-0.2, -0.15) is 5.10 Å². The van der Waals surface area contributed by atoms with Gasteiger partial charge in [-0.3, -0.25) is 4.68 Å². The third-order valence-electron chi connectivity index (χ3n) is 7.12. The van der Waals surface area contributed by atoms with Gasteiger partial charge in [0.25, 0.3) is 0 Å². The van der Waals surface area contributed by atoms with E-state index in [2.05, 4.69) is 32.5 Å². The Balaban J connectivity index is 1.27. The number of hydrogen-bond donors (Lipinski definition) is 1. The SMILES string of the molecule is Cc1nnc(C23C[C@H](C)C[C@H](C2)N3C(=O)Nc2cc(-c3ncn(CC4CC4)n3)c(Cl)cc2F)o1. The van der Waals surface area contributed by atoms with E-state index in [1.165, 1.54) is 25.0 Å². The van der Waals surface area contributed by atoms with E-state index in [0.717, 1.165) is 25.8 Å². The molecule has 2 amide bonds. The minimum Gasteiger partial charge on any atom is -0.423 e. The summed E-state index contributed by atoms with van der Waals surface area (Å²) >= 11 is 6.32. The number of hydrogen-bond acceptors (Lipinski definition) is 6. The molecule has 3 heterocycles. The summed E-state index contributed by atoms with van der Waals surface area (Å²) in [6, 6.07) is 2.31. The lowest BCUT2D eigenvalue weighted by Crippen LogP contribution is -2.70. The van der Waals surface area contributed by atoms with Gasteiger partial charge in [0.1, 0.15) is 17.7 Å². The van der Waals surface area contributed by atoms with Gasteiger partial charge < -0.3 is 14.6 Å². The standard InChI is InChI=1S/C23H25ClFN7O2/c1-12-5-15-9-23(8-12,21-29-28-13(2)34-21)32(15)22(33)27-19-6-16(17(24)7-18(19)25)20-26-11-31(30-20)10-14-3-4-14/h6-7,11-12,14-15H,3-5,8-10H2,1-2H3,(H,27,33)/t12-,15-,23?/m1/s1. The van der Waals surface area contributed by atoms with Gasteiger partial charge >= 0.3 is 6.03 Å². The Morgan fingerprint density at radius 1 is 1.32 bits per heavy atom. The molecule has 0 spiro atoms. The van der Waals surface area contributed by atoms with Crippen molar-refractivity contribution in [2.24, 2.45) is 11.8 Å². The van der Waals surface area contributed by atoms with Crippen LogP contribution in [0.25, 0.3) is 11.4 Å². The third kappa shape index (κ3) is 3.55. The molecule has 178 valence electrons. The highest BCUT2D eigenvalue weighted by Gasteiger charge is 2.62. The number of rotatable bonds is 5. The molecule has 2 aromatic heterocycles. The summed E-state index contributed by atoms with van der Waals surface area (Å²) in [4.78, 5) is 19.5. The van der Waals surface area contributed by atoms with Gasteiger partial charge in [-0.05, 0) is 49.7 Å². The Kier molecular flexibility index (Phi) is 4.91. The lowest BCUT2D eigenvalue weighted by molar-refractivity contribution is -0.110. The number of nitrogens with zero attached hydrogens (tertiary/aromatic N) is 6. The Bertz CT molecular complexity index is 1270. The average molecular weight is 486 g/mol. The van der Waals surface area contributed by atoms with Crippen LogP contribution in [0.3, 0.4) is 0 Å². The van der Waals surface area contributed by atoms with E-state index in [0.29, 0.717) is 35.0 Å². The second kappa shape index (κ2) is 7.76. The van der Waals surface area contributed by atoms with E-state index >= 15 is 0 Å². The minimum absolute atomic E-state index is 0.0258. The molecule has 3 atom stereocenters. The van der Waals surface area contributed by atoms with Crippen LogP contribution >= 0.6 is 11.6 Å². The fraction of sp³-hybridized carbons (Fsp3) is 0.522. The normalized spacial score (nSPS) is 25.8. The fourth-order valence-electron chi connectivity index (χ4n) is 5.50. The molecule has 1 unspecified atom stereocenters. The molecule has 3 aliphatic rings. The molecule has 34 heavy (non-hydrogen) atoms. The number of likely N-dealkylation sites (tertiary alicyclic amines) is 1. The summed E-state index contributed by atoms with van der Waals surface area (Å²) in [7, 11) is 0. The van der Waals surface area contributed by atoms with Crippen molar-refractivity contribution in [1.82, 2.24) is 29.9 Å². The fourth-order valence-corrected chi connectivity index (χ4v) is 5.73. The number of halogens is 2. The summed E-state index contributed by atoms with van der Waals surface area (Å²) in [6.45, 7) is 4.69. The predicted molar refractivity (Wildman–Crippen MR) is 122 cm³/mol. The van der Waals surface area contributed by atoms with Gasteiger partial charge in [0.05, 0.1) is 10.7 Å². The van der Waals surface area contributed by atoms with Crippen molar-refractivity contribution < 1.29 is 13.6 Å². The van der Waals surface area contributed by atoms with Crippen LogP contribution in [0.5, 0.6) is 0 Å². The van der Waals surface area contributed by atoms with Gasteiger partial charge in [0.2, 0.25) is 11.8 Å². The molecule has 2 aliphatic carbocycles. The first-order valence-corrected chi connectivity index (χ1v) is 12.0. The number of urea groups is 1. The van der Waals surface area contributed by atoms with Crippen LogP contribution in [0.1, 0.15) is 50.8 Å². The molecule has 0 radical (unpaired) electrons. The number of nitrogens with one attached hydrogen (secondary N) is 1. The van der Waals surface area contributed by atoms with Crippen molar-refractivity contribution in [2.75, 3.05) is 5.32 Å². The number of aryl methyl sites for hydroxylation is 1. The van der Waals surface area contributed by atoms with Crippen molar-refractivity contribution in [2.45, 2.75) is 64.1 Å². The Morgan fingerprint density at radius 3 is 2.88 bits per heavy atom. The van der Waals surface area contributed by atoms with Gasteiger partial charge in [-0.25, -0.2) is 14.2 Å². The molecule has 1 N–H and O–H groups in total. The minimum atomic E-state index is -0.664. The highest BCUT2D eigenvalue weighted by molar-refractivity contribution is 6.33. The van der Waals surface area contributed by atoms with E-state index in [-0.39, 0.29) is 16.8 Å². The molecule has 2 bridgehead atoms. The lowest BCUT2D eigenvalue weighted by Gasteiger charge is -2.61. The number of carbonyl (C=O) groups is 1. The third-order valence-corrected chi connectivity index (χ3v) is 7.43. The quantitative estimate of drug-likeness (QED) is 0.558. The number of aromatic nitrogens is 5. The van der Waals surface area contributed by atoms with Crippen LogP contribution < -0.4 is 5.32 Å². The van der Waals surface area contributed by atoms with Crippen LogP contribution in [-0.2, 0) is 12.1 Å². The highest BCUT2D eigenvalue weighted by Crippen LogP contribution is 2.55. The molecule has 1 saturated heterocycles. The maximum absolute atomic E-state index is 14.8. The van der Waals surface area contributed by atoms with Gasteiger partial charge in [-0.15, -0.1) is 10.2 Å². The second-order valence-corrected chi connectivity index (χ2v) is 10.3. The number of amides is 2. The predicted octanol–water partition coefficient (Wildman–Crippen LogP) is 4.77. The zero-order valence-electron chi connectivity index (χ0n) is 19.0. The van der Waals surface area contributed by atoms with Gasteiger partial charge in [0.15, 0.2) is 5.82 Å². The first kappa shape index (κ1) is 21.5. The van der Waals surface area contributed by atoms with E-state index in [4.69, 9.17) is 16.0 Å². The Hall–Kier alpha value is -3.01. The summed E-state index contributed by atoms with van der Waals surface area (Å²) in [5, 5.41) is 15.6. The van der Waals surface area contributed by atoms with Crippen LogP contribution in [0.4, 0.5) is 14.9 Å². The second-order valence-electron chi connectivity index (χ2n) is 9.91. The Morgan fingerprint density at radius 2 is 2.15 bits per heavy atom. The number of piperidine rings is 1. The summed E-state index contributed by atoms with van der Waals surface area (Å²) < 4.78 is 22.4. The monoisotopic (exact) mass is 485 g/mol. The van der Waals surface area contributed by atoms with Gasteiger partial charge in [-0.1, -0.05) is 18.5 Å². The van der Waals surface area contributed by atoms with E-state index in [1.54, 1.807) is 22.8 Å². The van der Waals surface area contributed by atoms with Crippen molar-refractivity contribution >= 4 is 23.3 Å². The topological polar surface area (TPSA) is 102 Å². The molecule has 3 aromatic rings. The molecule has 1 aliphatic heterocycles. The smallest absolute Gasteiger partial charge is 0.323 e. The van der Waals surface area contributed by atoms with Crippen LogP contribution in [0.2, 0.25) is 5.02 Å². The molecule has 1 aromatic carbocycles. The number of carbonyl (C=O) groups excluding carboxylic acids is 1. The molecule has 2 saturated carbocycles. The van der Waals surface area contributed by atoms with Gasteiger partial charge in [0, 0.05) is 31.5 Å². The number of anilines is 1. The zero-order chi connectivity index (χ0) is 23.6. The van der Waals surface area contributed by atoms with E-state index in [9.17, 15) is 9.18 Å². The van der Waals surface area contributed by atoms with Crippen LogP contribution in [0, 0.1) is 24.6 Å². The molecule has 6 rings (SSSR count). The first-order chi connectivity index (χ1) is 16.3. The maximum atomic E-state index is 14.8. The van der Waals surface area contributed by atoms with Crippen molar-refractivity contribution in [3.05, 3.63) is 41.1 Å². The van der Waals surface area contributed by atoms with Crippen molar-refractivity contribution in [3.63, 3.8) is 0 Å². The molecular formula is C23H25ClFN7O2. The van der Waals surface area contributed by atoms with Crippen molar-refractivity contribution in [3.8, 4) is 11.4 Å². The first-order valence-electron chi connectivity index (χ1n) is 11.6. The molecule has 11 heteroatoms. The molecule has 9 nitrogen and oxygen atoms in total. The zero-order valence-corrected chi connectivity index (χ0v) is 19.7. The molecule has 3 fully saturated rings. The van der Waals surface area contributed by atoms with Crippen molar-refractivity contribution in [1.29, 1.82) is 0 Å².